The summed E-state index contributed by atoms with van der Waals surface area (Å²) in [5.74, 6) is 0.901. The number of hydrogen-bond donors (Lipinski definition) is 0. The van der Waals surface area contributed by atoms with Crippen molar-refractivity contribution in [3.8, 4) is 17.0 Å². The number of fused-ring (bicyclic) bond motifs is 1. The maximum Gasteiger partial charge on any atom is 0.573 e. The van der Waals surface area contributed by atoms with Gasteiger partial charge >= 0.3 is 6.36 Å². The number of halogens is 4. The molecular weight excluding hydrogens is 529 g/mol. The molecule has 0 spiro atoms. The van der Waals surface area contributed by atoms with Gasteiger partial charge in [0.25, 0.3) is 0 Å². The van der Waals surface area contributed by atoms with Gasteiger partial charge in [0.05, 0.1) is 5.02 Å². The lowest BCUT2D eigenvalue weighted by molar-refractivity contribution is -0.274. The van der Waals surface area contributed by atoms with E-state index in [9.17, 15) is 18.0 Å². The highest BCUT2D eigenvalue weighted by Crippen LogP contribution is 2.39. The van der Waals surface area contributed by atoms with Gasteiger partial charge in [-0.2, -0.15) is 0 Å². The number of nitrogens with zero attached hydrogens (tertiary/aromatic N) is 6. The smallest absolute Gasteiger partial charge is 0.406 e. The number of alkyl halides is 3. The number of carbonyl (C=O) groups is 1. The number of imidazole rings is 2. The minimum atomic E-state index is -4.82. The van der Waals surface area contributed by atoms with Gasteiger partial charge in [0, 0.05) is 49.9 Å². The predicted molar refractivity (Wildman–Crippen MR) is 134 cm³/mol. The van der Waals surface area contributed by atoms with E-state index in [4.69, 9.17) is 16.6 Å². The summed E-state index contributed by atoms with van der Waals surface area (Å²) in [5.41, 5.74) is 1.36. The molecule has 0 saturated heterocycles. The second-order valence-corrected chi connectivity index (χ2v) is 9.81. The average molecular weight is 551 g/mol. The van der Waals surface area contributed by atoms with Gasteiger partial charge in [-0.1, -0.05) is 11.6 Å². The summed E-state index contributed by atoms with van der Waals surface area (Å²) in [6.07, 6.45) is 7.71. The molecule has 1 aliphatic rings. The van der Waals surface area contributed by atoms with Crippen LogP contribution in [-0.2, 0) is 0 Å². The van der Waals surface area contributed by atoms with Gasteiger partial charge in [-0.05, 0) is 43.2 Å². The third-order valence-corrected chi connectivity index (χ3v) is 6.95. The summed E-state index contributed by atoms with van der Waals surface area (Å²) >= 11 is 7.83. The maximum absolute atomic E-state index is 12.7. The minimum Gasteiger partial charge on any atom is -0.406 e. The van der Waals surface area contributed by atoms with Crippen LogP contribution in [0.25, 0.3) is 16.9 Å². The number of thioether (sulfide) groups is 1. The quantitative estimate of drug-likeness (QED) is 0.243. The second kappa shape index (κ2) is 10.3. The lowest BCUT2D eigenvalue weighted by Crippen LogP contribution is -2.30. The number of rotatable bonds is 9. The molecule has 0 aliphatic heterocycles. The first-order valence-corrected chi connectivity index (χ1v) is 13.1. The van der Waals surface area contributed by atoms with Crippen molar-refractivity contribution in [1.29, 1.82) is 0 Å². The Morgan fingerprint density at radius 1 is 1.27 bits per heavy atom. The molecule has 8 nitrogen and oxygen atoms in total. The predicted octanol–water partition coefficient (Wildman–Crippen LogP) is 5.81. The molecule has 3 heterocycles. The number of hydrogen-bond acceptors (Lipinski definition) is 7. The van der Waals surface area contributed by atoms with Crippen molar-refractivity contribution in [2.75, 3.05) is 24.2 Å². The topological polar surface area (TPSA) is 77.5 Å². The van der Waals surface area contributed by atoms with Gasteiger partial charge in [-0.15, -0.1) is 24.9 Å². The van der Waals surface area contributed by atoms with Crippen molar-refractivity contribution in [3.63, 3.8) is 0 Å². The van der Waals surface area contributed by atoms with Crippen LogP contribution in [0, 0.1) is 5.92 Å². The van der Waals surface area contributed by atoms with Gasteiger partial charge in [0.1, 0.15) is 28.6 Å². The van der Waals surface area contributed by atoms with E-state index in [2.05, 4.69) is 19.6 Å². The van der Waals surface area contributed by atoms with Crippen LogP contribution in [-0.4, -0.2) is 55.5 Å². The summed E-state index contributed by atoms with van der Waals surface area (Å²) in [4.78, 5) is 28.0. The number of aromatic nitrogens is 5. The number of carbonyl (C=O) groups excluding carboxylic acids is 1. The van der Waals surface area contributed by atoms with E-state index in [1.165, 1.54) is 34.8 Å². The Morgan fingerprint density at radius 2 is 2.08 bits per heavy atom. The van der Waals surface area contributed by atoms with Gasteiger partial charge < -0.3 is 9.64 Å². The highest BCUT2D eigenvalue weighted by molar-refractivity contribution is 7.98. The third-order valence-electron chi connectivity index (χ3n) is 5.97. The second-order valence-electron chi connectivity index (χ2n) is 8.61. The molecule has 4 aromatic rings. The van der Waals surface area contributed by atoms with Gasteiger partial charge in [0.15, 0.2) is 5.65 Å². The zero-order valence-corrected chi connectivity index (χ0v) is 21.2. The lowest BCUT2D eigenvalue weighted by atomic mass is 10.1. The largest absolute Gasteiger partial charge is 0.573 e. The van der Waals surface area contributed by atoms with Crippen molar-refractivity contribution in [2.45, 2.75) is 30.7 Å². The monoisotopic (exact) mass is 550 g/mol. The van der Waals surface area contributed by atoms with E-state index < -0.39 is 12.1 Å². The lowest BCUT2D eigenvalue weighted by Gasteiger charge is -2.25. The first kappa shape index (κ1) is 25.4. The van der Waals surface area contributed by atoms with E-state index in [1.807, 2.05) is 10.7 Å². The molecule has 0 bridgehead atoms. The van der Waals surface area contributed by atoms with E-state index in [1.54, 1.807) is 24.8 Å². The van der Waals surface area contributed by atoms with Crippen LogP contribution in [0.1, 0.15) is 24.1 Å². The van der Waals surface area contributed by atoms with E-state index in [0.29, 0.717) is 29.4 Å². The van der Waals surface area contributed by atoms with Crippen LogP contribution in [0.2, 0.25) is 5.02 Å². The fourth-order valence-corrected chi connectivity index (χ4v) is 4.95. The summed E-state index contributed by atoms with van der Waals surface area (Å²) in [7, 11) is 0. The zero-order valence-electron chi connectivity index (χ0n) is 19.7. The third kappa shape index (κ3) is 5.69. The maximum atomic E-state index is 12.7. The molecule has 0 radical (unpaired) electrons. The van der Waals surface area contributed by atoms with Gasteiger partial charge in [-0.25, -0.2) is 9.97 Å². The Labute approximate surface area is 219 Å². The van der Waals surface area contributed by atoms with Crippen molar-refractivity contribution in [3.05, 3.63) is 54.3 Å². The Kier molecular flexibility index (Phi) is 7.04. The average Bonchev–Trinajstić information content (AvgIpc) is 3.34. The molecule has 1 saturated carbocycles. The molecule has 0 atom stereocenters. The van der Waals surface area contributed by atoms with Gasteiger partial charge in [0.2, 0.25) is 5.91 Å². The van der Waals surface area contributed by atoms with E-state index in [-0.39, 0.29) is 17.4 Å². The van der Waals surface area contributed by atoms with Crippen LogP contribution in [0.4, 0.5) is 19.0 Å². The van der Waals surface area contributed by atoms with Crippen molar-refractivity contribution >= 4 is 40.7 Å². The molecule has 13 heteroatoms. The molecule has 37 heavy (non-hydrogen) atoms. The highest BCUT2D eigenvalue weighted by atomic mass is 35.5. The molecule has 0 N–H and O–H groups in total. The molecule has 0 unspecified atom stereocenters. The fraction of sp³-hybridized carbons (Fsp3) is 0.333. The Balaban J connectivity index is 1.51. The van der Waals surface area contributed by atoms with E-state index in [0.717, 1.165) is 36.3 Å². The highest BCUT2D eigenvalue weighted by Gasteiger charge is 2.32. The van der Waals surface area contributed by atoms with Crippen molar-refractivity contribution in [2.24, 2.45) is 5.92 Å². The van der Waals surface area contributed by atoms with E-state index >= 15 is 0 Å². The van der Waals surface area contributed by atoms with Gasteiger partial charge in [-0.3, -0.25) is 18.7 Å². The first-order valence-electron chi connectivity index (χ1n) is 11.5. The molecule has 1 aliphatic carbocycles. The molecule has 5 rings (SSSR count). The number of benzene rings is 1. The molecule has 1 fully saturated rings. The SMILES string of the molecule is CSc1nc2c(-c3ccc(OC(F)(F)F)cc3Cl)nccn2c1N(CCC(=O)n1ccnc1)CC1CC1. The minimum absolute atomic E-state index is 0.0540. The van der Waals surface area contributed by atoms with Crippen LogP contribution in [0.5, 0.6) is 5.75 Å². The standard InChI is InChI=1S/C24H22ClF3N6O2S/c1-37-22-23(32(13-15-2-3-15)9-6-19(35)33-10-7-29-14-33)34-11-8-30-20(21(34)31-22)17-5-4-16(12-18(17)25)36-24(26,27)28/h4-5,7-8,10-12,14-15H,2-3,6,9,13H2,1H3. The van der Waals surface area contributed by atoms with Crippen LogP contribution in [0.3, 0.4) is 0 Å². The summed E-state index contributed by atoms with van der Waals surface area (Å²) < 4.78 is 45.2. The van der Waals surface area contributed by atoms with Crippen LogP contribution < -0.4 is 9.64 Å². The number of anilines is 1. The van der Waals surface area contributed by atoms with Crippen LogP contribution in [0.15, 0.2) is 54.3 Å². The molecule has 0 amide bonds. The molecule has 3 aromatic heterocycles. The molecular formula is C24H22ClF3N6O2S. The summed E-state index contributed by atoms with van der Waals surface area (Å²) in [6, 6.07) is 3.74. The van der Waals surface area contributed by atoms with Crippen molar-refractivity contribution < 1.29 is 22.7 Å². The Bertz CT molecular complexity index is 1420. The normalized spacial score (nSPS) is 13.8. The molecule has 194 valence electrons. The Hall–Kier alpha value is -3.25. The Morgan fingerprint density at radius 3 is 2.73 bits per heavy atom. The zero-order chi connectivity index (χ0) is 26.2. The van der Waals surface area contributed by atoms with Crippen molar-refractivity contribution in [1.82, 2.24) is 23.9 Å². The molecule has 1 aromatic carbocycles. The first-order chi connectivity index (χ1) is 17.7. The summed E-state index contributed by atoms with van der Waals surface area (Å²) in [6.45, 7) is 1.26. The fourth-order valence-electron chi connectivity index (χ4n) is 4.11. The van der Waals surface area contributed by atoms with Crippen LogP contribution >= 0.6 is 23.4 Å². The number of ether oxygens (including phenoxy) is 1. The summed E-state index contributed by atoms with van der Waals surface area (Å²) in [5, 5.41) is 0.802.